The van der Waals surface area contributed by atoms with Gasteiger partial charge in [-0.05, 0) is 42.5 Å². The van der Waals surface area contributed by atoms with E-state index in [9.17, 15) is 22.0 Å². The quantitative estimate of drug-likeness (QED) is 0.698. The number of furan rings is 1. The van der Waals surface area contributed by atoms with Crippen LogP contribution in [-0.4, -0.2) is 20.9 Å². The Bertz CT molecular complexity index is 1030. The molecule has 1 atom stereocenters. The van der Waals surface area contributed by atoms with E-state index < -0.39 is 32.6 Å². The van der Waals surface area contributed by atoms with E-state index in [0.29, 0.717) is 0 Å². The summed E-state index contributed by atoms with van der Waals surface area (Å²) < 4.78 is 57.5. The summed E-state index contributed by atoms with van der Waals surface area (Å²) in [5.41, 5.74) is -0.121. The van der Waals surface area contributed by atoms with Gasteiger partial charge in [0.05, 0.1) is 11.2 Å². The number of nitrogens with one attached hydrogen (secondary N) is 1. The van der Waals surface area contributed by atoms with E-state index in [1.807, 2.05) is 0 Å². The van der Waals surface area contributed by atoms with Gasteiger partial charge in [-0.25, -0.2) is 17.2 Å². The molecule has 5 nitrogen and oxygen atoms in total. The Morgan fingerprint density at radius 3 is 2.37 bits per heavy atom. The molecule has 1 aromatic heterocycles. The van der Waals surface area contributed by atoms with Gasteiger partial charge in [0.15, 0.2) is 21.5 Å². The first-order valence-corrected chi connectivity index (χ1v) is 9.50. The van der Waals surface area contributed by atoms with Gasteiger partial charge in [-0.3, -0.25) is 4.79 Å². The van der Waals surface area contributed by atoms with Crippen LogP contribution in [0.25, 0.3) is 0 Å². The molecule has 3 rings (SSSR count). The molecule has 0 saturated carbocycles. The van der Waals surface area contributed by atoms with Gasteiger partial charge >= 0.3 is 0 Å². The molecule has 8 heteroatoms. The summed E-state index contributed by atoms with van der Waals surface area (Å²) in [4.78, 5) is 12.3. The van der Waals surface area contributed by atoms with Gasteiger partial charge in [-0.15, -0.1) is 0 Å². The van der Waals surface area contributed by atoms with Crippen molar-refractivity contribution in [3.63, 3.8) is 0 Å². The second kappa shape index (κ2) is 7.71. The fourth-order valence-corrected chi connectivity index (χ4v) is 4.14. The van der Waals surface area contributed by atoms with Crippen LogP contribution in [0.5, 0.6) is 0 Å². The van der Waals surface area contributed by atoms with Gasteiger partial charge in [-0.2, -0.15) is 0 Å². The molecular weight excluding hydrogens is 376 g/mol. The molecule has 1 N–H and O–H groups in total. The highest BCUT2D eigenvalue weighted by molar-refractivity contribution is 7.91. The van der Waals surface area contributed by atoms with Gasteiger partial charge in [0, 0.05) is 12.1 Å². The summed E-state index contributed by atoms with van der Waals surface area (Å²) in [5.74, 6) is -2.81. The van der Waals surface area contributed by atoms with Crippen LogP contribution < -0.4 is 5.32 Å². The van der Waals surface area contributed by atoms with Gasteiger partial charge in [0.2, 0.25) is 0 Å². The number of benzene rings is 2. The van der Waals surface area contributed by atoms with Crippen molar-refractivity contribution in [3.8, 4) is 0 Å². The topological polar surface area (TPSA) is 76.4 Å². The lowest BCUT2D eigenvalue weighted by atomic mass is 10.2. The summed E-state index contributed by atoms with van der Waals surface area (Å²) in [6.45, 7) is -0.303. The SMILES string of the molecule is O=C(NC[C@H](c1ccco1)S(=O)(=O)c1ccccc1)c1ccc(F)c(F)c1. The zero-order valence-corrected chi connectivity index (χ0v) is 14.7. The van der Waals surface area contributed by atoms with Crippen molar-refractivity contribution in [2.24, 2.45) is 0 Å². The molecule has 2 aromatic carbocycles. The minimum absolute atomic E-state index is 0.0773. The fourth-order valence-electron chi connectivity index (χ4n) is 2.54. The van der Waals surface area contributed by atoms with Gasteiger partial charge < -0.3 is 9.73 Å². The van der Waals surface area contributed by atoms with Crippen LogP contribution in [0.4, 0.5) is 8.78 Å². The molecule has 0 aliphatic heterocycles. The molecule has 0 saturated heterocycles. The minimum atomic E-state index is -3.86. The standard InChI is InChI=1S/C19H15F2NO4S/c20-15-9-8-13(11-16(15)21)19(23)22-12-18(17-7-4-10-26-17)27(24,25)14-5-2-1-3-6-14/h1-11,18H,12H2,(H,22,23)/t18-/m1/s1. The summed E-state index contributed by atoms with van der Waals surface area (Å²) in [7, 11) is -3.86. The molecule has 0 spiro atoms. The Morgan fingerprint density at radius 2 is 1.74 bits per heavy atom. The Kier molecular flexibility index (Phi) is 5.36. The highest BCUT2D eigenvalue weighted by Crippen LogP contribution is 2.28. The van der Waals surface area contributed by atoms with Crippen LogP contribution in [0, 0.1) is 11.6 Å². The highest BCUT2D eigenvalue weighted by Gasteiger charge is 2.31. The molecule has 0 aliphatic carbocycles. The largest absolute Gasteiger partial charge is 0.468 e. The minimum Gasteiger partial charge on any atom is -0.468 e. The van der Waals surface area contributed by atoms with Crippen LogP contribution in [0.1, 0.15) is 21.4 Å². The average molecular weight is 391 g/mol. The Labute approximate surface area is 154 Å². The Hall–Kier alpha value is -3.00. The Morgan fingerprint density at radius 1 is 1.00 bits per heavy atom. The average Bonchev–Trinajstić information content (AvgIpc) is 3.19. The zero-order chi connectivity index (χ0) is 19.4. The van der Waals surface area contributed by atoms with Gasteiger partial charge in [0.25, 0.3) is 5.91 Å². The number of sulfone groups is 1. The number of halogens is 2. The number of hydrogen-bond acceptors (Lipinski definition) is 4. The molecule has 0 aliphatic rings. The predicted molar refractivity (Wildman–Crippen MR) is 93.8 cm³/mol. The van der Waals surface area contributed by atoms with Crippen molar-refractivity contribution < 1.29 is 26.4 Å². The lowest BCUT2D eigenvalue weighted by Gasteiger charge is -2.16. The molecule has 3 aromatic rings. The van der Waals surface area contributed by atoms with Crippen LogP contribution >= 0.6 is 0 Å². The maximum absolute atomic E-state index is 13.3. The first-order valence-electron chi connectivity index (χ1n) is 7.95. The number of hydrogen-bond donors (Lipinski definition) is 1. The van der Waals surface area contributed by atoms with E-state index >= 15 is 0 Å². The van der Waals surface area contributed by atoms with E-state index in [1.165, 1.54) is 24.5 Å². The lowest BCUT2D eigenvalue weighted by molar-refractivity contribution is 0.0952. The molecule has 0 unspecified atom stereocenters. The molecule has 140 valence electrons. The normalized spacial score (nSPS) is 12.5. The van der Waals surface area contributed by atoms with Crippen molar-refractivity contribution >= 4 is 15.7 Å². The zero-order valence-electron chi connectivity index (χ0n) is 13.9. The van der Waals surface area contributed by atoms with Gasteiger partial charge in [-0.1, -0.05) is 18.2 Å². The van der Waals surface area contributed by atoms with Crippen molar-refractivity contribution in [3.05, 3.63) is 89.9 Å². The molecule has 27 heavy (non-hydrogen) atoms. The summed E-state index contributed by atoms with van der Waals surface area (Å²) >= 11 is 0. The second-order valence-corrected chi connectivity index (χ2v) is 7.83. The molecule has 0 bridgehead atoms. The van der Waals surface area contributed by atoms with Crippen LogP contribution in [0.3, 0.4) is 0 Å². The number of rotatable bonds is 6. The number of amides is 1. The summed E-state index contributed by atoms with van der Waals surface area (Å²) in [5, 5.41) is 1.27. The van der Waals surface area contributed by atoms with E-state index in [2.05, 4.69) is 5.32 Å². The van der Waals surface area contributed by atoms with Gasteiger partial charge in [0.1, 0.15) is 11.0 Å². The predicted octanol–water partition coefficient (Wildman–Crippen LogP) is 3.50. The summed E-state index contributed by atoms with van der Waals surface area (Å²) in [6.07, 6.45) is 1.33. The Balaban J connectivity index is 1.85. The first kappa shape index (κ1) is 18.8. The highest BCUT2D eigenvalue weighted by atomic mass is 32.2. The smallest absolute Gasteiger partial charge is 0.251 e. The lowest BCUT2D eigenvalue weighted by Crippen LogP contribution is -2.31. The second-order valence-electron chi connectivity index (χ2n) is 5.70. The van der Waals surface area contributed by atoms with Crippen LogP contribution in [0.2, 0.25) is 0 Å². The van der Waals surface area contributed by atoms with E-state index in [-0.39, 0.29) is 22.8 Å². The number of carbonyl (C=O) groups excluding carboxylic acids is 1. The van der Waals surface area contributed by atoms with E-state index in [0.717, 1.165) is 18.2 Å². The maximum atomic E-state index is 13.3. The maximum Gasteiger partial charge on any atom is 0.251 e. The van der Waals surface area contributed by atoms with Crippen molar-refractivity contribution in [1.29, 1.82) is 0 Å². The summed E-state index contributed by atoms with van der Waals surface area (Å²) in [6, 6.07) is 13.5. The van der Waals surface area contributed by atoms with Crippen LogP contribution in [0.15, 0.2) is 76.2 Å². The van der Waals surface area contributed by atoms with Crippen molar-refractivity contribution in [2.75, 3.05) is 6.54 Å². The monoisotopic (exact) mass is 391 g/mol. The third kappa shape index (κ3) is 4.06. The third-order valence-corrected chi connectivity index (χ3v) is 6.01. The number of carbonyl (C=O) groups is 1. The molecule has 1 heterocycles. The third-order valence-electron chi connectivity index (χ3n) is 3.94. The van der Waals surface area contributed by atoms with E-state index in [4.69, 9.17) is 4.42 Å². The molecule has 0 fully saturated rings. The molecule has 1 amide bonds. The van der Waals surface area contributed by atoms with Crippen molar-refractivity contribution in [1.82, 2.24) is 5.32 Å². The van der Waals surface area contributed by atoms with Crippen molar-refractivity contribution in [2.45, 2.75) is 10.1 Å². The molecule has 0 radical (unpaired) electrons. The fraction of sp³-hybridized carbons (Fsp3) is 0.105. The molecular formula is C19H15F2NO4S. The van der Waals surface area contributed by atoms with E-state index in [1.54, 1.807) is 24.3 Å². The van der Waals surface area contributed by atoms with Crippen LogP contribution in [-0.2, 0) is 9.84 Å². The first-order chi connectivity index (χ1) is 12.9.